The number of nitrogens with one attached hydrogen (secondary N) is 1. The van der Waals surface area contributed by atoms with Crippen molar-refractivity contribution in [3.8, 4) is 0 Å². The van der Waals surface area contributed by atoms with E-state index in [-0.39, 0.29) is 10.8 Å². The minimum Gasteiger partial charge on any atom is -0.444 e. The largest absolute Gasteiger partial charge is 0.444 e. The monoisotopic (exact) mass is 302 g/mol. The predicted molar refractivity (Wildman–Crippen MR) is 86.4 cm³/mol. The molecule has 118 valence electrons. The van der Waals surface area contributed by atoms with Crippen LogP contribution in [0.5, 0.6) is 0 Å². The molecule has 0 saturated carbocycles. The highest BCUT2D eigenvalue weighted by Crippen LogP contribution is 2.21. The van der Waals surface area contributed by atoms with Gasteiger partial charge in [0.05, 0.1) is 0 Å². The van der Waals surface area contributed by atoms with E-state index in [1.54, 1.807) is 0 Å². The molecule has 1 N–H and O–H groups in total. The lowest BCUT2D eigenvalue weighted by Gasteiger charge is -2.36. The van der Waals surface area contributed by atoms with Crippen LogP contribution < -0.4 is 5.32 Å². The van der Waals surface area contributed by atoms with Gasteiger partial charge in [0, 0.05) is 30.4 Å². The molecule has 0 radical (unpaired) electrons. The van der Waals surface area contributed by atoms with Gasteiger partial charge in [-0.15, -0.1) is 0 Å². The van der Waals surface area contributed by atoms with Crippen LogP contribution in [0.15, 0.2) is 0 Å². The molecule has 1 heterocycles. The van der Waals surface area contributed by atoms with Crippen molar-refractivity contribution in [1.29, 1.82) is 0 Å². The topological polar surface area (TPSA) is 41.6 Å². The number of piperidine rings is 1. The van der Waals surface area contributed by atoms with Crippen molar-refractivity contribution in [2.75, 3.05) is 25.9 Å². The van der Waals surface area contributed by atoms with Gasteiger partial charge in [-0.05, 0) is 53.7 Å². The van der Waals surface area contributed by atoms with Gasteiger partial charge in [0.1, 0.15) is 5.60 Å². The van der Waals surface area contributed by atoms with Crippen molar-refractivity contribution in [1.82, 2.24) is 10.2 Å². The number of rotatable bonds is 4. The van der Waals surface area contributed by atoms with Crippen molar-refractivity contribution >= 4 is 17.9 Å². The zero-order chi connectivity index (χ0) is 15.4. The van der Waals surface area contributed by atoms with Crippen molar-refractivity contribution in [2.45, 2.75) is 63.9 Å². The lowest BCUT2D eigenvalue weighted by atomic mass is 10.1. The van der Waals surface area contributed by atoms with E-state index in [9.17, 15) is 4.79 Å². The Morgan fingerprint density at radius 3 is 2.55 bits per heavy atom. The first-order chi connectivity index (χ1) is 9.13. The van der Waals surface area contributed by atoms with E-state index < -0.39 is 5.60 Å². The zero-order valence-corrected chi connectivity index (χ0v) is 14.6. The van der Waals surface area contributed by atoms with Crippen LogP contribution in [-0.4, -0.2) is 53.3 Å². The number of carbonyl (C=O) groups is 1. The molecule has 0 aromatic carbocycles. The molecule has 1 rings (SSSR count). The van der Waals surface area contributed by atoms with E-state index in [1.165, 1.54) is 0 Å². The van der Waals surface area contributed by atoms with Gasteiger partial charge in [-0.2, -0.15) is 11.8 Å². The van der Waals surface area contributed by atoms with Crippen molar-refractivity contribution in [3.63, 3.8) is 0 Å². The average Bonchev–Trinajstić information content (AvgIpc) is 2.35. The van der Waals surface area contributed by atoms with Crippen LogP contribution in [0.4, 0.5) is 4.79 Å². The lowest BCUT2D eigenvalue weighted by Crippen LogP contribution is -2.51. The molecule has 0 aliphatic carbocycles. The summed E-state index contributed by atoms with van der Waals surface area (Å²) in [5.41, 5.74) is -0.418. The maximum absolute atomic E-state index is 12.1. The second kappa shape index (κ2) is 7.03. The van der Waals surface area contributed by atoms with Gasteiger partial charge in [0.25, 0.3) is 0 Å². The summed E-state index contributed by atoms with van der Waals surface area (Å²) in [6, 6.07) is 0.377. The van der Waals surface area contributed by atoms with E-state index in [4.69, 9.17) is 4.74 Å². The summed E-state index contributed by atoms with van der Waals surface area (Å²) < 4.78 is 5.68. The fourth-order valence-corrected chi connectivity index (χ4v) is 2.33. The number of amides is 1. The van der Waals surface area contributed by atoms with Crippen molar-refractivity contribution < 1.29 is 9.53 Å². The summed E-state index contributed by atoms with van der Waals surface area (Å²) in [7, 11) is 0. The number of ether oxygens (including phenoxy) is 1. The zero-order valence-electron chi connectivity index (χ0n) is 13.8. The molecule has 1 fully saturated rings. The molecule has 0 aromatic heterocycles. The Balaban J connectivity index is 2.44. The normalized spacial score (nSPS) is 20.9. The molecular formula is C15H30N2O2S. The van der Waals surface area contributed by atoms with E-state index in [1.807, 2.05) is 37.4 Å². The van der Waals surface area contributed by atoms with Gasteiger partial charge in [0.15, 0.2) is 0 Å². The van der Waals surface area contributed by atoms with Crippen LogP contribution in [0.3, 0.4) is 0 Å². The predicted octanol–water partition coefficient (Wildman–Crippen LogP) is 3.12. The minimum absolute atomic E-state index is 0.187. The van der Waals surface area contributed by atoms with E-state index in [2.05, 4.69) is 25.4 Å². The fourth-order valence-electron chi connectivity index (χ4n) is 2.10. The minimum atomic E-state index is -0.418. The van der Waals surface area contributed by atoms with E-state index in [0.29, 0.717) is 6.04 Å². The third-order valence-corrected chi connectivity index (χ3v) is 4.69. The molecule has 0 aromatic rings. The number of carbonyl (C=O) groups excluding carboxylic acids is 1. The van der Waals surface area contributed by atoms with E-state index >= 15 is 0 Å². The van der Waals surface area contributed by atoms with Crippen LogP contribution in [0.25, 0.3) is 0 Å². The molecule has 20 heavy (non-hydrogen) atoms. The molecule has 1 atom stereocenters. The quantitative estimate of drug-likeness (QED) is 0.866. The molecule has 1 saturated heterocycles. The lowest BCUT2D eigenvalue weighted by molar-refractivity contribution is 0.0187. The summed E-state index contributed by atoms with van der Waals surface area (Å²) in [5.74, 6) is 0. The molecule has 1 aliphatic heterocycles. The van der Waals surface area contributed by atoms with Gasteiger partial charge in [0.2, 0.25) is 0 Å². The first-order valence-corrected chi connectivity index (χ1v) is 8.62. The molecular weight excluding hydrogens is 272 g/mol. The summed E-state index contributed by atoms with van der Waals surface area (Å²) in [5, 5.41) is 3.59. The van der Waals surface area contributed by atoms with Crippen LogP contribution in [-0.2, 0) is 4.74 Å². The summed E-state index contributed by atoms with van der Waals surface area (Å²) in [6.45, 7) is 12.7. The number of thioether (sulfide) groups is 1. The average molecular weight is 302 g/mol. The summed E-state index contributed by atoms with van der Waals surface area (Å²) in [4.78, 5) is 13.9. The van der Waals surface area contributed by atoms with Gasteiger partial charge in [-0.3, -0.25) is 0 Å². The first kappa shape index (κ1) is 17.6. The molecule has 1 aliphatic rings. The van der Waals surface area contributed by atoms with Gasteiger partial charge < -0.3 is 15.0 Å². The first-order valence-electron chi connectivity index (χ1n) is 7.39. The highest BCUT2D eigenvalue weighted by molar-refractivity contribution is 7.99. The van der Waals surface area contributed by atoms with Crippen LogP contribution in [0, 0.1) is 0 Å². The Labute approximate surface area is 128 Å². The van der Waals surface area contributed by atoms with Crippen LogP contribution in [0.2, 0.25) is 0 Å². The Hall–Kier alpha value is -0.420. The summed E-state index contributed by atoms with van der Waals surface area (Å²) >= 11 is 1.86. The molecule has 0 bridgehead atoms. The third-order valence-electron chi connectivity index (χ3n) is 3.44. The SMILES string of the molecule is CSC(C)(C)CNC1CCCN(C(=O)OC(C)(C)C)C1. The molecule has 0 spiro atoms. The van der Waals surface area contributed by atoms with E-state index in [0.717, 1.165) is 32.5 Å². The molecule has 1 unspecified atom stereocenters. The molecule has 5 heteroatoms. The highest BCUT2D eigenvalue weighted by Gasteiger charge is 2.28. The standard InChI is InChI=1S/C15H30N2O2S/c1-14(2,3)19-13(18)17-9-7-8-12(10-17)16-11-15(4,5)20-6/h12,16H,7-11H2,1-6H3. The van der Waals surface area contributed by atoms with Gasteiger partial charge in [-0.25, -0.2) is 4.79 Å². The number of nitrogens with zero attached hydrogens (tertiary/aromatic N) is 1. The van der Waals surface area contributed by atoms with Crippen molar-refractivity contribution in [3.05, 3.63) is 0 Å². The third kappa shape index (κ3) is 6.35. The Morgan fingerprint density at radius 1 is 1.35 bits per heavy atom. The molecule has 4 nitrogen and oxygen atoms in total. The number of likely N-dealkylation sites (tertiary alicyclic amines) is 1. The number of hydrogen-bond donors (Lipinski definition) is 1. The Morgan fingerprint density at radius 2 is 2.00 bits per heavy atom. The Kier molecular flexibility index (Phi) is 6.20. The summed E-state index contributed by atoms with van der Waals surface area (Å²) in [6.07, 6.45) is 4.11. The second-order valence-electron chi connectivity index (χ2n) is 7.11. The van der Waals surface area contributed by atoms with Crippen LogP contribution >= 0.6 is 11.8 Å². The fraction of sp³-hybridized carbons (Fsp3) is 0.933. The Bertz CT molecular complexity index is 326. The maximum Gasteiger partial charge on any atom is 0.410 e. The highest BCUT2D eigenvalue weighted by atomic mass is 32.2. The van der Waals surface area contributed by atoms with Gasteiger partial charge >= 0.3 is 6.09 Å². The van der Waals surface area contributed by atoms with Gasteiger partial charge in [-0.1, -0.05) is 0 Å². The van der Waals surface area contributed by atoms with Crippen molar-refractivity contribution in [2.24, 2.45) is 0 Å². The molecule has 1 amide bonds. The number of hydrogen-bond acceptors (Lipinski definition) is 4. The van der Waals surface area contributed by atoms with Crippen LogP contribution in [0.1, 0.15) is 47.5 Å². The second-order valence-corrected chi connectivity index (χ2v) is 8.62. The smallest absolute Gasteiger partial charge is 0.410 e. The maximum atomic E-state index is 12.1.